The van der Waals surface area contributed by atoms with Crippen LogP contribution in [0.5, 0.6) is 0 Å². The van der Waals surface area contributed by atoms with Crippen molar-refractivity contribution in [3.05, 3.63) is 34.4 Å². The maximum atomic E-state index is 12.9. The molecule has 2 N–H and O–H groups in total. The number of carbonyl (C=O) groups excluding carboxylic acids is 2. The molecule has 1 aliphatic rings. The number of anilines is 1. The third-order valence-corrected chi connectivity index (χ3v) is 3.58. The molecule has 2 aromatic rings. The van der Waals surface area contributed by atoms with E-state index in [0.29, 0.717) is 5.52 Å². The molecule has 6 nitrogen and oxygen atoms in total. The number of benzene rings is 1. The second-order valence-electron chi connectivity index (χ2n) is 4.95. The largest absolute Gasteiger partial charge is 0.398 e. The molecule has 21 heavy (non-hydrogen) atoms. The van der Waals surface area contributed by atoms with Gasteiger partial charge in [-0.3, -0.25) is 19.0 Å². The molecule has 1 atom stereocenters. The SMILES string of the molecule is [2H]c1ccc2nc(C)n(C3CC([2H])([2H])C(=O)CC3=O)c(=O)c2c1N. The Morgan fingerprint density at radius 1 is 1.48 bits per heavy atom. The monoisotopic (exact) mass is 288 g/mol. The molecule has 1 aromatic heterocycles. The lowest BCUT2D eigenvalue weighted by Gasteiger charge is -2.24. The minimum atomic E-state index is -2.18. The first-order valence-electron chi connectivity index (χ1n) is 7.97. The summed E-state index contributed by atoms with van der Waals surface area (Å²) in [7, 11) is 0. The van der Waals surface area contributed by atoms with E-state index >= 15 is 0 Å². The van der Waals surface area contributed by atoms with Crippen molar-refractivity contribution in [3.8, 4) is 0 Å². The van der Waals surface area contributed by atoms with Crippen LogP contribution in [0, 0.1) is 6.92 Å². The predicted molar refractivity (Wildman–Crippen MR) is 78.1 cm³/mol. The van der Waals surface area contributed by atoms with Crippen LogP contribution in [0.25, 0.3) is 10.9 Å². The Kier molecular flexibility index (Phi) is 2.35. The van der Waals surface area contributed by atoms with Crippen LogP contribution in [0.4, 0.5) is 5.69 Å². The first kappa shape index (κ1) is 10.3. The third kappa shape index (κ3) is 2.12. The lowest BCUT2D eigenvalue weighted by atomic mass is 9.92. The highest BCUT2D eigenvalue weighted by Crippen LogP contribution is 2.24. The van der Waals surface area contributed by atoms with Crippen LogP contribution < -0.4 is 11.3 Å². The molecule has 0 bridgehead atoms. The van der Waals surface area contributed by atoms with Crippen molar-refractivity contribution in [1.82, 2.24) is 9.55 Å². The van der Waals surface area contributed by atoms with Crippen molar-refractivity contribution in [2.45, 2.75) is 32.2 Å². The van der Waals surface area contributed by atoms with Gasteiger partial charge in [0.1, 0.15) is 11.6 Å². The van der Waals surface area contributed by atoms with Crippen LogP contribution in [0.15, 0.2) is 23.0 Å². The molecule has 1 aliphatic carbocycles. The molecular weight excluding hydrogens is 270 g/mol. The minimum Gasteiger partial charge on any atom is -0.398 e. The van der Waals surface area contributed by atoms with Crippen molar-refractivity contribution >= 4 is 28.2 Å². The third-order valence-electron chi connectivity index (χ3n) is 3.58. The summed E-state index contributed by atoms with van der Waals surface area (Å²) in [6, 6.07) is 1.78. The quantitative estimate of drug-likeness (QED) is 0.627. The lowest BCUT2D eigenvalue weighted by molar-refractivity contribution is -0.132. The number of hydrogen-bond donors (Lipinski definition) is 1. The maximum Gasteiger partial charge on any atom is 0.264 e. The van der Waals surface area contributed by atoms with Gasteiger partial charge in [-0.1, -0.05) is 6.07 Å². The molecular formula is C15H15N3O3. The van der Waals surface area contributed by atoms with E-state index in [2.05, 4.69) is 4.98 Å². The summed E-state index contributed by atoms with van der Waals surface area (Å²) in [6.07, 6.45) is -3.16. The number of rotatable bonds is 1. The number of fused-ring (bicyclic) bond motifs is 1. The smallest absolute Gasteiger partial charge is 0.264 e. The van der Waals surface area contributed by atoms with Crippen LogP contribution in [-0.4, -0.2) is 21.1 Å². The Morgan fingerprint density at radius 2 is 2.24 bits per heavy atom. The van der Waals surface area contributed by atoms with Gasteiger partial charge in [0.2, 0.25) is 0 Å². The second-order valence-corrected chi connectivity index (χ2v) is 4.95. The van der Waals surface area contributed by atoms with E-state index in [-0.39, 0.29) is 22.9 Å². The van der Waals surface area contributed by atoms with Gasteiger partial charge < -0.3 is 5.73 Å². The van der Waals surface area contributed by atoms with E-state index in [1.807, 2.05) is 0 Å². The summed E-state index contributed by atoms with van der Waals surface area (Å²) in [5.41, 5.74) is 5.49. The molecule has 0 aliphatic heterocycles. The van der Waals surface area contributed by atoms with Crippen LogP contribution in [0.2, 0.25) is 0 Å². The highest BCUT2D eigenvalue weighted by molar-refractivity contribution is 6.03. The van der Waals surface area contributed by atoms with Crippen molar-refractivity contribution in [2.75, 3.05) is 5.73 Å². The van der Waals surface area contributed by atoms with E-state index in [1.54, 1.807) is 0 Å². The predicted octanol–water partition coefficient (Wildman–Crippen LogP) is 1.15. The molecule has 3 rings (SSSR count). The Bertz CT molecular complexity index is 952. The van der Waals surface area contributed by atoms with Crippen molar-refractivity contribution in [1.29, 1.82) is 0 Å². The average Bonchev–Trinajstić information content (AvgIpc) is 2.48. The van der Waals surface area contributed by atoms with Crippen LogP contribution in [0.1, 0.15) is 35.2 Å². The molecule has 1 fully saturated rings. The molecule has 108 valence electrons. The number of nitrogen functional groups attached to an aromatic ring is 1. The van der Waals surface area contributed by atoms with Gasteiger partial charge in [-0.15, -0.1) is 0 Å². The highest BCUT2D eigenvalue weighted by atomic mass is 16.2. The average molecular weight is 288 g/mol. The fraction of sp³-hybridized carbons (Fsp3) is 0.333. The van der Waals surface area contributed by atoms with Crippen LogP contribution in [-0.2, 0) is 9.59 Å². The van der Waals surface area contributed by atoms with E-state index in [4.69, 9.17) is 9.85 Å². The fourth-order valence-electron chi connectivity index (χ4n) is 2.58. The zero-order valence-electron chi connectivity index (χ0n) is 14.3. The number of aryl methyl sites for hydroxylation is 1. The van der Waals surface area contributed by atoms with E-state index < -0.39 is 42.4 Å². The summed E-state index contributed by atoms with van der Waals surface area (Å²) in [6.45, 7) is 1.53. The van der Waals surface area contributed by atoms with Crippen molar-refractivity contribution in [3.63, 3.8) is 0 Å². The first-order chi connectivity index (χ1) is 11.1. The Labute approximate surface area is 124 Å². The summed E-state index contributed by atoms with van der Waals surface area (Å²) >= 11 is 0. The molecule has 0 spiro atoms. The van der Waals surface area contributed by atoms with Gasteiger partial charge in [-0.25, -0.2) is 4.98 Å². The molecule has 0 saturated heterocycles. The van der Waals surface area contributed by atoms with Crippen LogP contribution in [0.3, 0.4) is 0 Å². The Hall–Kier alpha value is -2.50. The van der Waals surface area contributed by atoms with Gasteiger partial charge in [0, 0.05) is 14.8 Å². The zero-order chi connectivity index (χ0) is 17.8. The number of nitrogens with two attached hydrogens (primary N) is 1. The van der Waals surface area contributed by atoms with Crippen LogP contribution >= 0.6 is 0 Å². The van der Waals surface area contributed by atoms with Gasteiger partial charge in [0.25, 0.3) is 5.56 Å². The summed E-state index contributed by atoms with van der Waals surface area (Å²) < 4.78 is 24.3. The standard InChI is InChI=1S/C15H15N3O3/c1-8-17-11-4-2-3-10(16)14(11)15(21)18(8)12-6-5-9(19)7-13(12)20/h2-4,12H,5-7,16H2,1H3/i3D,5D2. The highest BCUT2D eigenvalue weighted by Gasteiger charge is 2.30. The molecule has 1 unspecified atom stereocenters. The Balaban J connectivity index is 2.27. The van der Waals surface area contributed by atoms with Gasteiger partial charge >= 0.3 is 0 Å². The number of carbonyl (C=O) groups is 2. The molecule has 6 heteroatoms. The van der Waals surface area contributed by atoms with Gasteiger partial charge in [-0.05, 0) is 25.5 Å². The van der Waals surface area contributed by atoms with Gasteiger partial charge in [0.15, 0.2) is 5.78 Å². The van der Waals surface area contributed by atoms with Gasteiger partial charge in [-0.2, -0.15) is 0 Å². The number of Topliss-reactive ketones (excluding diaryl/α,β-unsaturated/α-hetero) is 2. The van der Waals surface area contributed by atoms with E-state index in [9.17, 15) is 14.4 Å². The molecule has 1 aromatic carbocycles. The summed E-state index contributed by atoms with van der Waals surface area (Å²) in [5, 5.41) is 0.0263. The molecule has 1 saturated carbocycles. The number of ketones is 2. The maximum absolute atomic E-state index is 12.9. The minimum absolute atomic E-state index is 0.0263. The van der Waals surface area contributed by atoms with E-state index in [1.165, 1.54) is 19.1 Å². The molecule has 1 heterocycles. The lowest BCUT2D eigenvalue weighted by Crippen LogP contribution is -2.36. The number of hydrogen-bond acceptors (Lipinski definition) is 5. The zero-order valence-corrected chi connectivity index (χ0v) is 11.3. The summed E-state index contributed by atoms with van der Waals surface area (Å²) in [5.74, 6) is -1.08. The Morgan fingerprint density at radius 3 is 3.00 bits per heavy atom. The molecule has 0 amide bonds. The first-order valence-corrected chi connectivity index (χ1v) is 6.47. The fourth-order valence-corrected chi connectivity index (χ4v) is 2.58. The topological polar surface area (TPSA) is 95.0 Å². The summed E-state index contributed by atoms with van der Waals surface area (Å²) in [4.78, 5) is 41.0. The normalized spacial score (nSPS) is 23.7. The second kappa shape index (κ2) is 4.80. The van der Waals surface area contributed by atoms with Gasteiger partial charge in [0.05, 0.1) is 24.7 Å². The molecule has 0 radical (unpaired) electrons. The van der Waals surface area contributed by atoms with E-state index in [0.717, 1.165) is 4.57 Å². The number of aromatic nitrogens is 2. The number of nitrogens with zero attached hydrogens (tertiary/aromatic N) is 2. The van der Waals surface area contributed by atoms with Crippen molar-refractivity contribution in [2.24, 2.45) is 0 Å². The van der Waals surface area contributed by atoms with Crippen molar-refractivity contribution < 1.29 is 13.7 Å².